The van der Waals surface area contributed by atoms with Gasteiger partial charge >= 0.3 is 5.97 Å². The number of carbonyl (C=O) groups excluding carboxylic acids is 1. The molecule has 0 aromatic carbocycles. The van der Waals surface area contributed by atoms with E-state index < -0.39 is 0 Å². The van der Waals surface area contributed by atoms with Gasteiger partial charge in [0.15, 0.2) is 5.82 Å². The molecule has 3 aromatic heterocycles. The molecular weight excluding hydrogens is 448 g/mol. The molecule has 3 aromatic rings. The summed E-state index contributed by atoms with van der Waals surface area (Å²) >= 11 is 0. The van der Waals surface area contributed by atoms with Gasteiger partial charge in [0.2, 0.25) is 0 Å². The van der Waals surface area contributed by atoms with Crippen LogP contribution in [0.4, 0.5) is 0 Å². The number of hydrogen-bond donors (Lipinski definition) is 0. The Labute approximate surface area is 204 Å². The third-order valence-electron chi connectivity index (χ3n) is 6.49. The molecule has 0 saturated heterocycles. The number of nitrogens with zero attached hydrogens (tertiary/aromatic N) is 8. The van der Waals surface area contributed by atoms with Crippen molar-refractivity contribution in [3.63, 3.8) is 0 Å². The monoisotopic (exact) mass is 480 g/mol. The molecular formula is C24H32N8O3. The first-order chi connectivity index (χ1) is 16.9. The van der Waals surface area contributed by atoms with Gasteiger partial charge in [-0.2, -0.15) is 4.80 Å². The third-order valence-corrected chi connectivity index (χ3v) is 6.49. The van der Waals surface area contributed by atoms with Crippen LogP contribution in [0.2, 0.25) is 0 Å². The molecule has 2 aliphatic rings. The average Bonchev–Trinajstić information content (AvgIpc) is 3.43. The molecule has 35 heavy (non-hydrogen) atoms. The predicted octanol–water partition coefficient (Wildman–Crippen LogP) is 2.75. The van der Waals surface area contributed by atoms with Gasteiger partial charge in [0, 0.05) is 13.5 Å². The van der Waals surface area contributed by atoms with E-state index in [1.54, 1.807) is 15.7 Å². The second-order valence-electron chi connectivity index (χ2n) is 9.86. The highest BCUT2D eigenvalue weighted by atomic mass is 16.5. The summed E-state index contributed by atoms with van der Waals surface area (Å²) < 4.78 is 13.3. The van der Waals surface area contributed by atoms with E-state index in [4.69, 9.17) is 9.47 Å². The first-order valence-corrected chi connectivity index (χ1v) is 12.4. The van der Waals surface area contributed by atoms with Gasteiger partial charge < -0.3 is 9.47 Å². The first-order valence-electron chi connectivity index (χ1n) is 12.4. The van der Waals surface area contributed by atoms with Gasteiger partial charge in [0.1, 0.15) is 18.0 Å². The zero-order valence-corrected chi connectivity index (χ0v) is 20.5. The second kappa shape index (κ2) is 10.1. The van der Waals surface area contributed by atoms with Crippen molar-refractivity contribution in [1.82, 2.24) is 40.2 Å². The number of ether oxygens (including phenoxy) is 2. The Bertz CT molecular complexity index is 1150. The Balaban J connectivity index is 1.23. The Kier molecular flexibility index (Phi) is 6.74. The standard InChI is InChI=1S/C24H32N8O3/c1-15(2)34-24(33)17-5-4-6-18(12-17)35-19-9-10-20(25-13-19)23-21(31(3)29-27-23)14-32-28-22(26-30-32)11-16-7-8-16/h9-10,13,15-18H,4-8,11-12,14H2,1-3H3/t17-,18-/m0/s1. The second-order valence-corrected chi connectivity index (χ2v) is 9.86. The fourth-order valence-electron chi connectivity index (χ4n) is 4.47. The molecule has 0 N–H and O–H groups in total. The van der Waals surface area contributed by atoms with Crippen LogP contribution in [-0.2, 0) is 29.5 Å². The van der Waals surface area contributed by atoms with Gasteiger partial charge in [-0.1, -0.05) is 5.21 Å². The summed E-state index contributed by atoms with van der Waals surface area (Å²) in [6.07, 6.45) is 8.32. The Hall–Kier alpha value is -3.37. The topological polar surface area (TPSA) is 123 Å². The van der Waals surface area contributed by atoms with Gasteiger partial charge in [-0.05, 0) is 75.6 Å². The minimum absolute atomic E-state index is 0.0311. The molecule has 11 heteroatoms. The average molecular weight is 481 g/mol. The third kappa shape index (κ3) is 5.83. The largest absolute Gasteiger partial charge is 0.489 e. The molecule has 2 saturated carbocycles. The lowest BCUT2D eigenvalue weighted by atomic mass is 9.87. The molecule has 2 fully saturated rings. The van der Waals surface area contributed by atoms with Crippen molar-refractivity contribution in [2.75, 3.05) is 0 Å². The van der Waals surface area contributed by atoms with Gasteiger partial charge in [-0.3, -0.25) is 9.78 Å². The smallest absolute Gasteiger partial charge is 0.309 e. The van der Waals surface area contributed by atoms with Crippen molar-refractivity contribution in [3.8, 4) is 17.1 Å². The molecule has 2 atom stereocenters. The zero-order chi connectivity index (χ0) is 24.4. The fraction of sp³-hybridized carbons (Fsp3) is 0.625. The minimum atomic E-state index is -0.126. The molecule has 11 nitrogen and oxygen atoms in total. The number of tetrazole rings is 1. The number of rotatable bonds is 9. The van der Waals surface area contributed by atoms with E-state index in [9.17, 15) is 4.79 Å². The normalized spacial score (nSPS) is 20.2. The molecule has 0 unspecified atom stereocenters. The summed E-state index contributed by atoms with van der Waals surface area (Å²) in [6.45, 7) is 4.16. The number of aromatic nitrogens is 8. The van der Waals surface area contributed by atoms with Crippen LogP contribution in [0.5, 0.6) is 5.75 Å². The van der Waals surface area contributed by atoms with Crippen LogP contribution in [0.1, 0.15) is 63.9 Å². The van der Waals surface area contributed by atoms with E-state index >= 15 is 0 Å². The molecule has 0 radical (unpaired) electrons. The van der Waals surface area contributed by atoms with Crippen LogP contribution >= 0.6 is 0 Å². The van der Waals surface area contributed by atoms with Crippen LogP contribution in [-0.4, -0.2) is 58.4 Å². The lowest BCUT2D eigenvalue weighted by Gasteiger charge is -2.28. The van der Waals surface area contributed by atoms with Crippen molar-refractivity contribution in [2.24, 2.45) is 18.9 Å². The van der Waals surface area contributed by atoms with E-state index in [1.807, 2.05) is 33.0 Å². The highest BCUT2D eigenvalue weighted by Gasteiger charge is 2.30. The molecule has 0 aliphatic heterocycles. The van der Waals surface area contributed by atoms with Gasteiger partial charge in [0.25, 0.3) is 0 Å². The van der Waals surface area contributed by atoms with Gasteiger partial charge in [0.05, 0.1) is 35.7 Å². The maximum absolute atomic E-state index is 12.3. The Morgan fingerprint density at radius 2 is 2.00 bits per heavy atom. The van der Waals surface area contributed by atoms with Crippen molar-refractivity contribution in [2.45, 2.75) is 77.5 Å². The van der Waals surface area contributed by atoms with Crippen molar-refractivity contribution in [3.05, 3.63) is 29.8 Å². The summed E-state index contributed by atoms with van der Waals surface area (Å²) in [5.74, 6) is 1.93. The number of hydrogen-bond acceptors (Lipinski definition) is 9. The van der Waals surface area contributed by atoms with E-state index in [0.717, 1.165) is 37.2 Å². The van der Waals surface area contributed by atoms with E-state index in [1.165, 1.54) is 12.8 Å². The summed E-state index contributed by atoms with van der Waals surface area (Å²) in [7, 11) is 1.84. The number of esters is 1. The molecule has 0 spiro atoms. The van der Waals surface area contributed by atoms with E-state index in [-0.39, 0.29) is 24.1 Å². The van der Waals surface area contributed by atoms with Crippen LogP contribution in [0, 0.1) is 11.8 Å². The van der Waals surface area contributed by atoms with Crippen LogP contribution < -0.4 is 4.74 Å². The maximum atomic E-state index is 12.3. The molecule has 5 rings (SSSR count). The fourth-order valence-corrected chi connectivity index (χ4v) is 4.47. The quantitative estimate of drug-likeness (QED) is 0.425. The van der Waals surface area contributed by atoms with Crippen molar-refractivity contribution in [1.29, 1.82) is 0 Å². The molecule has 186 valence electrons. The molecule has 0 bridgehead atoms. The summed E-state index contributed by atoms with van der Waals surface area (Å²) in [4.78, 5) is 18.5. The van der Waals surface area contributed by atoms with Gasteiger partial charge in [-0.15, -0.1) is 15.3 Å². The number of aryl methyl sites for hydroxylation is 1. The first kappa shape index (κ1) is 23.4. The maximum Gasteiger partial charge on any atom is 0.309 e. The zero-order valence-electron chi connectivity index (χ0n) is 20.5. The number of carbonyl (C=O) groups is 1. The van der Waals surface area contributed by atoms with Crippen molar-refractivity contribution < 1.29 is 14.3 Å². The molecule has 3 heterocycles. The lowest BCUT2D eigenvalue weighted by molar-refractivity contribution is -0.154. The highest BCUT2D eigenvalue weighted by Crippen LogP contribution is 2.32. The minimum Gasteiger partial charge on any atom is -0.489 e. The lowest BCUT2D eigenvalue weighted by Crippen LogP contribution is -2.31. The van der Waals surface area contributed by atoms with Crippen molar-refractivity contribution >= 4 is 5.97 Å². The summed E-state index contributed by atoms with van der Waals surface area (Å²) in [5.41, 5.74) is 2.22. The predicted molar refractivity (Wildman–Crippen MR) is 125 cm³/mol. The molecule has 2 aliphatic carbocycles. The van der Waals surface area contributed by atoms with E-state index in [2.05, 4.69) is 30.7 Å². The summed E-state index contributed by atoms with van der Waals surface area (Å²) in [6, 6.07) is 3.77. The Morgan fingerprint density at radius 3 is 2.74 bits per heavy atom. The Morgan fingerprint density at radius 1 is 1.14 bits per heavy atom. The molecule has 0 amide bonds. The highest BCUT2D eigenvalue weighted by molar-refractivity contribution is 5.72. The van der Waals surface area contributed by atoms with E-state index in [0.29, 0.717) is 36.0 Å². The summed E-state index contributed by atoms with van der Waals surface area (Å²) in [5, 5.41) is 21.4. The van der Waals surface area contributed by atoms with Crippen LogP contribution in [0.25, 0.3) is 11.4 Å². The number of pyridine rings is 1. The van der Waals surface area contributed by atoms with Gasteiger partial charge in [-0.25, -0.2) is 4.68 Å². The SMILES string of the molecule is CC(C)OC(=O)[C@H]1CCC[C@H](Oc2ccc(-c3nnn(C)c3Cn3nnc(CC4CC4)n3)nc2)C1. The van der Waals surface area contributed by atoms with Crippen LogP contribution in [0.15, 0.2) is 18.3 Å². The van der Waals surface area contributed by atoms with Crippen LogP contribution in [0.3, 0.4) is 0 Å².